The second kappa shape index (κ2) is 7.92. The Balaban J connectivity index is 1.24. The third-order valence-electron chi connectivity index (χ3n) is 8.32. The maximum absolute atomic E-state index is 5.04. The van der Waals surface area contributed by atoms with Crippen molar-refractivity contribution >= 4 is 76.3 Å². The van der Waals surface area contributed by atoms with Crippen LogP contribution < -0.4 is 0 Å². The Bertz CT molecular complexity index is 2170. The van der Waals surface area contributed by atoms with E-state index in [1.165, 1.54) is 64.9 Å². The first-order valence-electron chi connectivity index (χ1n) is 13.4. The Morgan fingerprint density at radius 2 is 1.13 bits per heavy atom. The zero-order valence-corrected chi connectivity index (χ0v) is 21.9. The Morgan fingerprint density at radius 1 is 0.590 bits per heavy atom. The summed E-state index contributed by atoms with van der Waals surface area (Å²) in [6.45, 7) is 0. The van der Waals surface area contributed by atoms with Crippen molar-refractivity contribution in [2.75, 3.05) is 0 Å². The Kier molecular flexibility index (Phi) is 4.32. The van der Waals surface area contributed by atoms with E-state index in [0.717, 1.165) is 11.4 Å². The van der Waals surface area contributed by atoms with Crippen molar-refractivity contribution in [3.8, 4) is 5.69 Å². The van der Waals surface area contributed by atoms with Crippen LogP contribution in [0.2, 0.25) is 0 Å². The van der Waals surface area contributed by atoms with Gasteiger partial charge in [0.2, 0.25) is 0 Å². The smallest absolute Gasteiger partial charge is 0.120 e. The number of benzene rings is 5. The van der Waals surface area contributed by atoms with Crippen molar-refractivity contribution in [1.82, 2.24) is 9.13 Å². The average molecular weight is 518 g/mol. The van der Waals surface area contributed by atoms with Crippen LogP contribution in [-0.4, -0.2) is 15.3 Å². The molecule has 0 fully saturated rings. The number of hydrogen-bond acceptors (Lipinski definition) is 2. The molecule has 0 saturated heterocycles. The molecule has 0 N–H and O–H groups in total. The number of para-hydroxylation sites is 4. The summed E-state index contributed by atoms with van der Waals surface area (Å²) in [4.78, 5) is 5.04. The Hall–Kier alpha value is -4.67. The number of rotatable bonds is 2. The first kappa shape index (κ1) is 21.3. The van der Waals surface area contributed by atoms with Gasteiger partial charge < -0.3 is 9.13 Å². The van der Waals surface area contributed by atoms with Crippen molar-refractivity contribution < 1.29 is 0 Å². The first-order valence-corrected chi connectivity index (χ1v) is 14.2. The summed E-state index contributed by atoms with van der Waals surface area (Å²) in [6.07, 6.45) is 3.09. The van der Waals surface area contributed by atoms with E-state index >= 15 is 0 Å². The largest absolute Gasteiger partial charge is 0.332 e. The van der Waals surface area contributed by atoms with Gasteiger partial charge in [-0.25, -0.2) is 4.99 Å². The molecule has 0 aliphatic carbocycles. The fourth-order valence-electron chi connectivity index (χ4n) is 6.65. The topological polar surface area (TPSA) is 22.2 Å². The van der Waals surface area contributed by atoms with Crippen molar-refractivity contribution in [2.24, 2.45) is 4.99 Å². The highest BCUT2D eigenvalue weighted by Crippen LogP contribution is 2.44. The van der Waals surface area contributed by atoms with Crippen LogP contribution in [0.1, 0.15) is 11.6 Å². The lowest BCUT2D eigenvalue weighted by molar-refractivity contribution is 0.684. The first-order chi connectivity index (χ1) is 19.3. The van der Waals surface area contributed by atoms with E-state index in [-0.39, 0.29) is 6.04 Å². The van der Waals surface area contributed by atoms with Crippen LogP contribution in [0.5, 0.6) is 0 Å². The second-order valence-corrected chi connectivity index (χ2v) is 11.4. The maximum Gasteiger partial charge on any atom is 0.120 e. The standard InChI is InChI=1S/C35H23N3S/c1-5-13-30-24(9-1)25-10-2-6-14-31(25)37(30)22-17-18-34-28(19-22)29-20-23(21-36-35(29)39-34)38-32-15-7-3-11-26(32)27-12-4-8-16-33(27)38/h1-19,21,23H,20H2. The molecule has 39 heavy (non-hydrogen) atoms. The van der Waals surface area contributed by atoms with E-state index in [9.17, 15) is 0 Å². The van der Waals surface area contributed by atoms with Gasteiger partial charge in [0.25, 0.3) is 0 Å². The van der Waals surface area contributed by atoms with E-state index in [1.54, 1.807) is 11.3 Å². The normalized spacial score (nSPS) is 15.2. The van der Waals surface area contributed by atoms with Gasteiger partial charge in [-0.15, -0.1) is 11.3 Å². The van der Waals surface area contributed by atoms with Gasteiger partial charge in [-0.1, -0.05) is 72.8 Å². The summed E-state index contributed by atoms with van der Waals surface area (Å²) in [5.41, 5.74) is 7.57. The van der Waals surface area contributed by atoms with Crippen LogP contribution in [-0.2, 0) is 6.42 Å². The number of aliphatic imine (C=N–C) groups is 1. The van der Waals surface area contributed by atoms with Gasteiger partial charge in [-0.3, -0.25) is 0 Å². The molecule has 3 nitrogen and oxygen atoms in total. The third-order valence-corrected chi connectivity index (χ3v) is 9.44. The van der Waals surface area contributed by atoms with Gasteiger partial charge in [-0.05, 0) is 48.0 Å². The van der Waals surface area contributed by atoms with Crippen LogP contribution in [0, 0.1) is 0 Å². The van der Waals surface area contributed by atoms with Gasteiger partial charge >= 0.3 is 0 Å². The fraction of sp³-hybridized carbons (Fsp3) is 0.0571. The third kappa shape index (κ3) is 2.95. The van der Waals surface area contributed by atoms with E-state index in [0.29, 0.717) is 0 Å². The zero-order valence-electron chi connectivity index (χ0n) is 21.1. The van der Waals surface area contributed by atoms with E-state index < -0.39 is 0 Å². The van der Waals surface area contributed by atoms with Crippen LogP contribution >= 0.6 is 11.3 Å². The Morgan fingerprint density at radius 3 is 1.74 bits per heavy atom. The van der Waals surface area contributed by atoms with E-state index in [4.69, 9.17) is 4.99 Å². The summed E-state index contributed by atoms with van der Waals surface area (Å²) in [7, 11) is 0. The monoisotopic (exact) mass is 517 g/mol. The van der Waals surface area contributed by atoms with Gasteiger partial charge in [0.1, 0.15) is 5.00 Å². The maximum atomic E-state index is 5.04. The summed E-state index contributed by atoms with van der Waals surface area (Å²) in [5, 5.41) is 7.64. The molecule has 4 heterocycles. The summed E-state index contributed by atoms with van der Waals surface area (Å²) >= 11 is 1.80. The number of hydrogen-bond donors (Lipinski definition) is 0. The molecule has 184 valence electrons. The molecular formula is C35H23N3S. The van der Waals surface area contributed by atoms with Crippen LogP contribution in [0.3, 0.4) is 0 Å². The van der Waals surface area contributed by atoms with Crippen molar-refractivity contribution in [3.63, 3.8) is 0 Å². The van der Waals surface area contributed by atoms with Gasteiger partial charge in [0, 0.05) is 61.0 Å². The molecule has 8 aromatic rings. The quantitative estimate of drug-likeness (QED) is 0.218. The van der Waals surface area contributed by atoms with Gasteiger partial charge in [0.15, 0.2) is 0 Å². The van der Waals surface area contributed by atoms with Gasteiger partial charge in [0.05, 0.1) is 17.1 Å². The van der Waals surface area contributed by atoms with E-state index in [2.05, 4.69) is 131 Å². The van der Waals surface area contributed by atoms with Gasteiger partial charge in [-0.2, -0.15) is 0 Å². The van der Waals surface area contributed by atoms with Crippen LogP contribution in [0.4, 0.5) is 5.00 Å². The molecule has 0 bridgehead atoms. The van der Waals surface area contributed by atoms with Crippen molar-refractivity contribution in [1.29, 1.82) is 0 Å². The molecule has 1 unspecified atom stereocenters. The summed E-state index contributed by atoms with van der Waals surface area (Å²) in [5.74, 6) is 0. The molecule has 3 aromatic heterocycles. The van der Waals surface area contributed by atoms with E-state index in [1.807, 2.05) is 0 Å². The second-order valence-electron chi connectivity index (χ2n) is 10.4. The fourth-order valence-corrected chi connectivity index (χ4v) is 7.72. The molecule has 0 radical (unpaired) electrons. The number of nitrogens with zero attached hydrogens (tertiary/aromatic N) is 3. The summed E-state index contributed by atoms with van der Waals surface area (Å²) in [6, 6.07) is 42.0. The molecule has 4 heteroatoms. The number of fused-ring (bicyclic) bond motifs is 9. The molecule has 5 aromatic carbocycles. The molecule has 0 saturated carbocycles. The highest BCUT2D eigenvalue weighted by molar-refractivity contribution is 7.22. The zero-order chi connectivity index (χ0) is 25.5. The number of aromatic nitrogens is 2. The average Bonchev–Trinajstić information content (AvgIpc) is 3.64. The molecule has 9 rings (SSSR count). The molecule has 0 spiro atoms. The lowest BCUT2D eigenvalue weighted by Gasteiger charge is -2.21. The lowest BCUT2D eigenvalue weighted by atomic mass is 10.0. The molecular weight excluding hydrogens is 494 g/mol. The molecule has 1 aliphatic heterocycles. The van der Waals surface area contributed by atoms with Crippen molar-refractivity contribution in [3.05, 3.63) is 121 Å². The number of thiophene rings is 1. The highest BCUT2D eigenvalue weighted by Gasteiger charge is 2.24. The summed E-state index contributed by atoms with van der Waals surface area (Å²) < 4.78 is 6.19. The molecule has 1 atom stereocenters. The minimum absolute atomic E-state index is 0.164. The Labute approximate surface area is 228 Å². The highest BCUT2D eigenvalue weighted by atomic mass is 32.1. The lowest BCUT2D eigenvalue weighted by Crippen LogP contribution is -2.15. The molecule has 0 amide bonds. The predicted octanol–water partition coefficient (Wildman–Crippen LogP) is 9.61. The minimum Gasteiger partial charge on any atom is -0.332 e. The minimum atomic E-state index is 0.164. The van der Waals surface area contributed by atoms with Crippen molar-refractivity contribution in [2.45, 2.75) is 12.5 Å². The molecule has 1 aliphatic rings. The SMILES string of the molecule is C1=Nc2sc3ccc(-n4c5ccccc5c5ccccc54)cc3c2CC1n1c2ccccc2c2ccccc21. The van der Waals surface area contributed by atoms with Crippen LogP contribution in [0.15, 0.2) is 120 Å². The van der Waals surface area contributed by atoms with Crippen LogP contribution in [0.25, 0.3) is 59.4 Å². The predicted molar refractivity (Wildman–Crippen MR) is 167 cm³/mol.